The first-order chi connectivity index (χ1) is 9.09. The van der Waals surface area contributed by atoms with Crippen LogP contribution in [0.5, 0.6) is 0 Å². The van der Waals surface area contributed by atoms with Crippen LogP contribution in [0, 0.1) is 16.7 Å². The van der Waals surface area contributed by atoms with E-state index in [9.17, 15) is 0 Å². The molecule has 0 aliphatic heterocycles. The zero-order valence-electron chi connectivity index (χ0n) is 12.2. The van der Waals surface area contributed by atoms with Gasteiger partial charge < -0.3 is 10.1 Å². The quantitative estimate of drug-likeness (QED) is 0.726. The molecule has 0 aromatic heterocycles. The van der Waals surface area contributed by atoms with E-state index in [1.54, 1.807) is 7.11 Å². The van der Waals surface area contributed by atoms with E-state index < -0.39 is 0 Å². The molecule has 104 valence electrons. The fourth-order valence-corrected chi connectivity index (χ4v) is 1.93. The minimum atomic E-state index is -0.225. The standard InChI is InChI=1S/C16H24N2O/c1-16(2,13-17)10-6-11-18-15-8-5-4-7-14(15)9-12-19-3/h4-5,7-8,18H,6,9-12H2,1-3H3. The highest BCUT2D eigenvalue weighted by Crippen LogP contribution is 2.21. The molecule has 0 aliphatic carbocycles. The Labute approximate surface area is 116 Å². The van der Waals surface area contributed by atoms with Gasteiger partial charge in [0.15, 0.2) is 0 Å². The van der Waals surface area contributed by atoms with Crippen LogP contribution in [0.1, 0.15) is 32.3 Å². The van der Waals surface area contributed by atoms with E-state index in [1.807, 2.05) is 19.9 Å². The van der Waals surface area contributed by atoms with Crippen LogP contribution in [0.15, 0.2) is 24.3 Å². The van der Waals surface area contributed by atoms with Crippen molar-refractivity contribution in [3.05, 3.63) is 29.8 Å². The van der Waals surface area contributed by atoms with E-state index in [2.05, 4.69) is 29.6 Å². The molecule has 0 heterocycles. The maximum atomic E-state index is 8.97. The summed E-state index contributed by atoms with van der Waals surface area (Å²) in [6.45, 7) is 5.61. The van der Waals surface area contributed by atoms with Crippen LogP contribution >= 0.6 is 0 Å². The Morgan fingerprint density at radius 1 is 1.32 bits per heavy atom. The molecule has 0 radical (unpaired) electrons. The zero-order valence-corrected chi connectivity index (χ0v) is 12.2. The molecule has 0 saturated heterocycles. The molecule has 0 amide bonds. The SMILES string of the molecule is COCCc1ccccc1NCCCC(C)(C)C#N. The molecule has 1 rings (SSSR count). The molecule has 0 bridgehead atoms. The number of para-hydroxylation sites is 1. The van der Waals surface area contributed by atoms with Gasteiger partial charge in [-0.25, -0.2) is 0 Å². The minimum absolute atomic E-state index is 0.225. The van der Waals surface area contributed by atoms with Crippen LogP contribution in [-0.2, 0) is 11.2 Å². The highest BCUT2D eigenvalue weighted by molar-refractivity contribution is 5.51. The molecule has 19 heavy (non-hydrogen) atoms. The number of nitriles is 1. The molecule has 1 N–H and O–H groups in total. The maximum Gasteiger partial charge on any atom is 0.0683 e. The number of ether oxygens (including phenoxy) is 1. The van der Waals surface area contributed by atoms with Gasteiger partial charge in [0.05, 0.1) is 18.1 Å². The number of rotatable bonds is 8. The highest BCUT2D eigenvalue weighted by atomic mass is 16.5. The summed E-state index contributed by atoms with van der Waals surface area (Å²) < 4.78 is 5.12. The van der Waals surface area contributed by atoms with Gasteiger partial charge in [-0.3, -0.25) is 0 Å². The maximum absolute atomic E-state index is 8.97. The van der Waals surface area contributed by atoms with Crippen LogP contribution in [0.2, 0.25) is 0 Å². The summed E-state index contributed by atoms with van der Waals surface area (Å²) in [6, 6.07) is 10.6. The first kappa shape index (κ1) is 15.5. The lowest BCUT2D eigenvalue weighted by atomic mass is 9.90. The zero-order chi connectivity index (χ0) is 14.1. The number of anilines is 1. The fraction of sp³-hybridized carbons (Fsp3) is 0.562. The third-order valence-electron chi connectivity index (χ3n) is 3.19. The van der Waals surface area contributed by atoms with Crippen molar-refractivity contribution < 1.29 is 4.74 Å². The number of nitrogens with zero attached hydrogens (tertiary/aromatic N) is 1. The first-order valence-corrected chi connectivity index (χ1v) is 6.81. The van der Waals surface area contributed by atoms with E-state index in [1.165, 1.54) is 11.3 Å². The van der Waals surface area contributed by atoms with Gasteiger partial charge >= 0.3 is 0 Å². The van der Waals surface area contributed by atoms with Crippen molar-refractivity contribution >= 4 is 5.69 Å². The number of hydrogen-bond acceptors (Lipinski definition) is 3. The van der Waals surface area contributed by atoms with Crippen LogP contribution in [0.25, 0.3) is 0 Å². The van der Waals surface area contributed by atoms with Crippen molar-refractivity contribution in [3.8, 4) is 6.07 Å². The molecular weight excluding hydrogens is 236 g/mol. The highest BCUT2D eigenvalue weighted by Gasteiger charge is 2.15. The molecule has 0 atom stereocenters. The monoisotopic (exact) mass is 260 g/mol. The first-order valence-electron chi connectivity index (χ1n) is 6.81. The van der Waals surface area contributed by atoms with E-state index in [-0.39, 0.29) is 5.41 Å². The Morgan fingerprint density at radius 2 is 2.05 bits per heavy atom. The fourth-order valence-electron chi connectivity index (χ4n) is 1.93. The molecule has 3 heteroatoms. The Bertz CT molecular complexity index is 421. The molecule has 1 aromatic carbocycles. The van der Waals surface area contributed by atoms with Crippen molar-refractivity contribution in [2.24, 2.45) is 5.41 Å². The Hall–Kier alpha value is -1.53. The minimum Gasteiger partial charge on any atom is -0.385 e. The topological polar surface area (TPSA) is 45.0 Å². The Morgan fingerprint density at radius 3 is 2.74 bits per heavy atom. The van der Waals surface area contributed by atoms with Crippen molar-refractivity contribution in [3.63, 3.8) is 0 Å². The van der Waals surface area contributed by atoms with E-state index in [4.69, 9.17) is 10.00 Å². The molecule has 0 saturated carbocycles. The average molecular weight is 260 g/mol. The van der Waals surface area contributed by atoms with Gasteiger partial charge in [0.25, 0.3) is 0 Å². The van der Waals surface area contributed by atoms with Crippen molar-refractivity contribution in [2.45, 2.75) is 33.1 Å². The second kappa shape index (κ2) is 7.81. The summed E-state index contributed by atoms with van der Waals surface area (Å²) >= 11 is 0. The average Bonchev–Trinajstić information content (AvgIpc) is 2.42. The third-order valence-corrected chi connectivity index (χ3v) is 3.19. The lowest BCUT2D eigenvalue weighted by Crippen LogP contribution is -2.12. The lowest BCUT2D eigenvalue weighted by Gasteiger charge is -2.16. The van der Waals surface area contributed by atoms with Crippen LogP contribution in [-0.4, -0.2) is 20.3 Å². The van der Waals surface area contributed by atoms with Gasteiger partial charge in [-0.05, 0) is 44.7 Å². The van der Waals surface area contributed by atoms with Crippen molar-refractivity contribution in [1.29, 1.82) is 5.26 Å². The van der Waals surface area contributed by atoms with Gasteiger partial charge in [0.2, 0.25) is 0 Å². The number of hydrogen-bond donors (Lipinski definition) is 1. The van der Waals surface area contributed by atoms with Crippen LogP contribution < -0.4 is 5.32 Å². The summed E-state index contributed by atoms with van der Waals surface area (Å²) in [4.78, 5) is 0. The molecule has 0 aliphatic rings. The Kier molecular flexibility index (Phi) is 6.38. The predicted molar refractivity (Wildman–Crippen MR) is 79.1 cm³/mol. The van der Waals surface area contributed by atoms with Crippen molar-refractivity contribution in [1.82, 2.24) is 0 Å². The van der Waals surface area contributed by atoms with Gasteiger partial charge in [0.1, 0.15) is 0 Å². The van der Waals surface area contributed by atoms with E-state index in [0.29, 0.717) is 0 Å². The smallest absolute Gasteiger partial charge is 0.0683 e. The third kappa shape index (κ3) is 5.76. The number of methoxy groups -OCH3 is 1. The van der Waals surface area contributed by atoms with Gasteiger partial charge in [-0.15, -0.1) is 0 Å². The van der Waals surface area contributed by atoms with Crippen LogP contribution in [0.3, 0.4) is 0 Å². The van der Waals surface area contributed by atoms with Gasteiger partial charge in [0, 0.05) is 19.3 Å². The molecule has 0 unspecified atom stereocenters. The molecule has 3 nitrogen and oxygen atoms in total. The second-order valence-electron chi connectivity index (χ2n) is 5.43. The normalized spacial score (nSPS) is 11.1. The number of nitrogens with one attached hydrogen (secondary N) is 1. The summed E-state index contributed by atoms with van der Waals surface area (Å²) in [7, 11) is 1.72. The largest absolute Gasteiger partial charge is 0.385 e. The van der Waals surface area contributed by atoms with E-state index >= 15 is 0 Å². The molecule has 1 aromatic rings. The molecule has 0 spiro atoms. The Balaban J connectivity index is 2.43. The summed E-state index contributed by atoms with van der Waals surface area (Å²) in [6.07, 6.45) is 2.83. The lowest BCUT2D eigenvalue weighted by molar-refractivity contribution is 0.202. The summed E-state index contributed by atoms with van der Waals surface area (Å²) in [5.74, 6) is 0. The van der Waals surface area contributed by atoms with Crippen LogP contribution in [0.4, 0.5) is 5.69 Å². The van der Waals surface area contributed by atoms with Gasteiger partial charge in [-0.1, -0.05) is 18.2 Å². The van der Waals surface area contributed by atoms with E-state index in [0.717, 1.165) is 32.4 Å². The summed E-state index contributed by atoms with van der Waals surface area (Å²) in [5, 5.41) is 12.4. The second-order valence-corrected chi connectivity index (χ2v) is 5.43. The molecular formula is C16H24N2O. The number of benzene rings is 1. The van der Waals surface area contributed by atoms with Crippen molar-refractivity contribution in [2.75, 3.05) is 25.6 Å². The van der Waals surface area contributed by atoms with Gasteiger partial charge in [-0.2, -0.15) is 5.26 Å². The summed E-state index contributed by atoms with van der Waals surface area (Å²) in [5.41, 5.74) is 2.23. The molecule has 0 fully saturated rings. The predicted octanol–water partition coefficient (Wildman–Crippen LogP) is 3.62.